The molecular weight excluding hydrogens is 373 g/mol. The monoisotopic (exact) mass is 396 g/mol. The number of aromatic nitrogens is 2. The van der Waals surface area contributed by atoms with Gasteiger partial charge >= 0.3 is 6.36 Å². The van der Waals surface area contributed by atoms with Crippen LogP contribution in [0.15, 0.2) is 30.3 Å². The molecule has 0 saturated carbocycles. The zero-order chi connectivity index (χ0) is 19.7. The molecule has 2 saturated heterocycles. The van der Waals surface area contributed by atoms with Crippen LogP contribution >= 0.6 is 0 Å². The lowest BCUT2D eigenvalue weighted by Gasteiger charge is -2.36. The third-order valence-electron chi connectivity index (χ3n) is 5.08. The highest BCUT2D eigenvalue weighted by Crippen LogP contribution is 2.26. The normalized spacial score (nSPS) is 18.9. The molecule has 2 fully saturated rings. The van der Waals surface area contributed by atoms with Crippen LogP contribution in [0.3, 0.4) is 0 Å². The van der Waals surface area contributed by atoms with Crippen LogP contribution in [0, 0.1) is 6.92 Å². The Balaban J connectivity index is 1.39. The lowest BCUT2D eigenvalue weighted by Crippen LogP contribution is -2.51. The van der Waals surface area contributed by atoms with Crippen LogP contribution in [0.1, 0.15) is 18.5 Å². The molecule has 28 heavy (non-hydrogen) atoms. The van der Waals surface area contributed by atoms with Gasteiger partial charge in [0.05, 0.1) is 17.9 Å². The maximum absolute atomic E-state index is 12.3. The lowest BCUT2D eigenvalue weighted by atomic mass is 10.1. The standard InChI is InChI=1S/C19H23F3N4O2/c1-13-10-18(25-8-6-15(7-9-25)27-17-11-23-12-17)24-26(13)14-2-4-16(5-3-14)28-19(20,21)22/h2-5,10,15,17,23H,6-9,11-12H2,1H3. The number of nitrogens with zero attached hydrogens (tertiary/aromatic N) is 3. The molecule has 1 aromatic heterocycles. The summed E-state index contributed by atoms with van der Waals surface area (Å²) in [5, 5.41) is 7.86. The Hall–Kier alpha value is -2.26. The van der Waals surface area contributed by atoms with E-state index < -0.39 is 6.36 Å². The molecule has 6 nitrogen and oxygen atoms in total. The molecule has 152 valence electrons. The number of nitrogens with one attached hydrogen (secondary N) is 1. The van der Waals surface area contributed by atoms with Gasteiger partial charge in [0.15, 0.2) is 5.82 Å². The third-order valence-corrected chi connectivity index (χ3v) is 5.08. The highest BCUT2D eigenvalue weighted by atomic mass is 19.4. The van der Waals surface area contributed by atoms with Gasteiger partial charge < -0.3 is 19.7 Å². The van der Waals surface area contributed by atoms with Crippen molar-refractivity contribution in [1.82, 2.24) is 15.1 Å². The Bertz CT molecular complexity index is 795. The van der Waals surface area contributed by atoms with Crippen LogP contribution in [0.25, 0.3) is 5.69 Å². The summed E-state index contributed by atoms with van der Waals surface area (Å²) in [5.41, 5.74) is 1.60. The Morgan fingerprint density at radius 2 is 1.75 bits per heavy atom. The van der Waals surface area contributed by atoms with Gasteiger partial charge in [-0.15, -0.1) is 13.2 Å². The van der Waals surface area contributed by atoms with E-state index in [0.29, 0.717) is 17.9 Å². The van der Waals surface area contributed by atoms with Crippen molar-refractivity contribution in [3.63, 3.8) is 0 Å². The van der Waals surface area contributed by atoms with Crippen LogP contribution in [0.5, 0.6) is 5.75 Å². The van der Waals surface area contributed by atoms with E-state index in [1.165, 1.54) is 12.1 Å². The van der Waals surface area contributed by atoms with Crippen LogP contribution in [0.2, 0.25) is 0 Å². The Morgan fingerprint density at radius 1 is 1.07 bits per heavy atom. The Morgan fingerprint density at radius 3 is 2.32 bits per heavy atom. The summed E-state index contributed by atoms with van der Waals surface area (Å²) in [6.07, 6.45) is -2.12. The van der Waals surface area contributed by atoms with E-state index in [9.17, 15) is 13.2 Å². The average Bonchev–Trinajstić information content (AvgIpc) is 3.00. The number of alkyl halides is 3. The Labute approximate surface area is 161 Å². The van der Waals surface area contributed by atoms with Crippen molar-refractivity contribution in [3.05, 3.63) is 36.0 Å². The number of hydrogen-bond acceptors (Lipinski definition) is 5. The molecule has 0 radical (unpaired) electrons. The molecule has 4 rings (SSSR count). The van der Waals surface area contributed by atoms with Gasteiger partial charge in [-0.2, -0.15) is 5.10 Å². The summed E-state index contributed by atoms with van der Waals surface area (Å²) in [7, 11) is 0. The van der Waals surface area contributed by atoms with Gasteiger partial charge in [0, 0.05) is 37.9 Å². The molecule has 0 aliphatic carbocycles. The molecule has 1 N–H and O–H groups in total. The molecule has 2 aliphatic heterocycles. The quantitative estimate of drug-likeness (QED) is 0.842. The second-order valence-electron chi connectivity index (χ2n) is 7.20. The summed E-state index contributed by atoms with van der Waals surface area (Å²) in [6.45, 7) is 5.56. The first-order valence-corrected chi connectivity index (χ1v) is 9.41. The minimum absolute atomic E-state index is 0.245. The van der Waals surface area contributed by atoms with Crippen LogP contribution in [0.4, 0.5) is 19.0 Å². The van der Waals surface area contributed by atoms with Crippen LogP contribution < -0.4 is 15.0 Å². The summed E-state index contributed by atoms with van der Waals surface area (Å²) < 4.78 is 48.6. The molecule has 0 unspecified atom stereocenters. The maximum atomic E-state index is 12.3. The average molecular weight is 396 g/mol. The van der Waals surface area contributed by atoms with Crippen molar-refractivity contribution in [2.24, 2.45) is 0 Å². The van der Waals surface area contributed by atoms with Gasteiger partial charge in [-0.05, 0) is 44.0 Å². The predicted octanol–water partition coefficient (Wildman–Crippen LogP) is 3.04. The fraction of sp³-hybridized carbons (Fsp3) is 0.526. The molecule has 9 heteroatoms. The van der Waals surface area contributed by atoms with Gasteiger partial charge in [-0.1, -0.05) is 0 Å². The lowest BCUT2D eigenvalue weighted by molar-refractivity contribution is -0.274. The molecule has 2 aromatic rings. The largest absolute Gasteiger partial charge is 0.573 e. The minimum Gasteiger partial charge on any atom is -0.406 e. The zero-order valence-corrected chi connectivity index (χ0v) is 15.6. The van der Waals surface area contributed by atoms with E-state index >= 15 is 0 Å². The van der Waals surface area contributed by atoms with Crippen LogP contribution in [-0.2, 0) is 4.74 Å². The molecule has 0 amide bonds. The highest BCUT2D eigenvalue weighted by Gasteiger charge is 2.31. The van der Waals surface area contributed by atoms with Crippen molar-refractivity contribution in [2.75, 3.05) is 31.1 Å². The molecule has 3 heterocycles. The van der Waals surface area contributed by atoms with E-state index in [1.807, 2.05) is 13.0 Å². The number of benzene rings is 1. The van der Waals surface area contributed by atoms with Gasteiger partial charge in [0.25, 0.3) is 0 Å². The number of anilines is 1. The predicted molar refractivity (Wildman–Crippen MR) is 98.0 cm³/mol. The number of piperidine rings is 1. The highest BCUT2D eigenvalue weighted by molar-refractivity contribution is 5.45. The second kappa shape index (κ2) is 7.63. The van der Waals surface area contributed by atoms with E-state index in [0.717, 1.165) is 50.5 Å². The SMILES string of the molecule is Cc1cc(N2CCC(OC3CNC3)CC2)nn1-c1ccc(OC(F)(F)F)cc1. The van der Waals surface area contributed by atoms with E-state index in [2.05, 4.69) is 20.1 Å². The summed E-state index contributed by atoms with van der Waals surface area (Å²) >= 11 is 0. The number of rotatable bonds is 5. The van der Waals surface area contributed by atoms with Crippen LogP contribution in [-0.4, -0.2) is 54.5 Å². The summed E-state index contributed by atoms with van der Waals surface area (Å²) in [6, 6.07) is 7.72. The number of hydrogen-bond donors (Lipinski definition) is 1. The van der Waals surface area contributed by atoms with Gasteiger partial charge in [0.2, 0.25) is 0 Å². The first-order valence-electron chi connectivity index (χ1n) is 9.41. The van der Waals surface area contributed by atoms with E-state index in [4.69, 9.17) is 4.74 Å². The number of halogens is 3. The molecule has 0 spiro atoms. The molecule has 1 aromatic carbocycles. The fourth-order valence-corrected chi connectivity index (χ4v) is 3.51. The van der Waals surface area contributed by atoms with Crippen molar-refractivity contribution in [1.29, 1.82) is 0 Å². The van der Waals surface area contributed by atoms with Gasteiger partial charge in [-0.25, -0.2) is 4.68 Å². The maximum Gasteiger partial charge on any atom is 0.573 e. The van der Waals surface area contributed by atoms with Crippen molar-refractivity contribution < 1.29 is 22.6 Å². The fourth-order valence-electron chi connectivity index (χ4n) is 3.51. The van der Waals surface area contributed by atoms with E-state index in [-0.39, 0.29) is 5.75 Å². The number of aryl methyl sites for hydroxylation is 1. The third kappa shape index (κ3) is 4.41. The van der Waals surface area contributed by atoms with Gasteiger partial charge in [-0.3, -0.25) is 0 Å². The van der Waals surface area contributed by atoms with Gasteiger partial charge in [0.1, 0.15) is 5.75 Å². The minimum atomic E-state index is -4.69. The first-order chi connectivity index (χ1) is 13.4. The topological polar surface area (TPSA) is 51.5 Å². The summed E-state index contributed by atoms with van der Waals surface area (Å²) in [4.78, 5) is 2.23. The Kier molecular flexibility index (Phi) is 5.20. The molecule has 0 atom stereocenters. The van der Waals surface area contributed by atoms with Crippen molar-refractivity contribution >= 4 is 5.82 Å². The first kappa shape index (κ1) is 19.1. The number of ether oxygens (including phenoxy) is 2. The van der Waals surface area contributed by atoms with Crippen molar-refractivity contribution in [2.45, 2.75) is 38.3 Å². The van der Waals surface area contributed by atoms with Crippen molar-refractivity contribution in [3.8, 4) is 11.4 Å². The second-order valence-corrected chi connectivity index (χ2v) is 7.20. The van der Waals surface area contributed by atoms with E-state index in [1.54, 1.807) is 16.8 Å². The zero-order valence-electron chi connectivity index (χ0n) is 15.6. The smallest absolute Gasteiger partial charge is 0.406 e. The molecule has 2 aliphatic rings. The summed E-state index contributed by atoms with van der Waals surface area (Å²) in [5.74, 6) is 0.627. The molecule has 0 bridgehead atoms. The molecular formula is C19H23F3N4O2.